The third-order valence-corrected chi connectivity index (χ3v) is 4.61. The highest BCUT2D eigenvalue weighted by Crippen LogP contribution is 2.22. The van der Waals surface area contributed by atoms with Crippen molar-refractivity contribution in [2.75, 3.05) is 13.2 Å². The van der Waals surface area contributed by atoms with Crippen molar-refractivity contribution in [2.24, 2.45) is 0 Å². The average molecular weight is 443 g/mol. The first-order valence-corrected chi connectivity index (χ1v) is 11.9. The highest BCUT2D eigenvalue weighted by Gasteiger charge is 2.33. The Morgan fingerprint density at radius 1 is 0.812 bits per heavy atom. The summed E-state index contributed by atoms with van der Waals surface area (Å²) in [5.41, 5.74) is 0. The highest BCUT2D eigenvalue weighted by atomic mass is 16.7. The maximum absolute atomic E-state index is 11.8. The summed E-state index contributed by atoms with van der Waals surface area (Å²) in [7, 11) is 0. The van der Waals surface area contributed by atoms with Gasteiger partial charge in [0.15, 0.2) is 5.79 Å². The molecule has 0 aromatic heterocycles. The van der Waals surface area contributed by atoms with Crippen LogP contribution in [0.2, 0.25) is 0 Å². The summed E-state index contributed by atoms with van der Waals surface area (Å²) in [6.45, 7) is 6.59. The lowest BCUT2D eigenvalue weighted by atomic mass is 10.2. The molecule has 0 aliphatic carbocycles. The summed E-state index contributed by atoms with van der Waals surface area (Å²) < 4.78 is 16.3. The third-order valence-electron chi connectivity index (χ3n) is 4.61. The maximum atomic E-state index is 11.8. The first-order valence-electron chi connectivity index (χ1n) is 11.9. The van der Waals surface area contributed by atoms with Crippen molar-refractivity contribution in [3.8, 4) is 0 Å². The van der Waals surface area contributed by atoms with Gasteiger partial charge in [-0.2, -0.15) is 0 Å². The first kappa shape index (κ1) is 27.9. The highest BCUT2D eigenvalue weighted by molar-refractivity contribution is 5.69. The van der Waals surface area contributed by atoms with Crippen LogP contribution in [0.3, 0.4) is 0 Å². The smallest absolute Gasteiger partial charge is 0.306 e. The van der Waals surface area contributed by atoms with Crippen LogP contribution in [-0.4, -0.2) is 31.1 Å². The van der Waals surface area contributed by atoms with Gasteiger partial charge in [0.25, 0.3) is 0 Å². The Bertz CT molecular complexity index is 665. The molecule has 0 radical (unpaired) electrons. The molecule has 1 rings (SSSR count). The van der Waals surface area contributed by atoms with Crippen molar-refractivity contribution in [2.45, 2.75) is 84.0 Å². The Hall–Kier alpha value is -2.17. The van der Waals surface area contributed by atoms with Gasteiger partial charge in [-0.25, -0.2) is 0 Å². The van der Waals surface area contributed by atoms with E-state index in [9.17, 15) is 4.79 Å². The molecular weight excluding hydrogens is 400 g/mol. The summed E-state index contributed by atoms with van der Waals surface area (Å²) in [6, 6.07) is 0. The van der Waals surface area contributed by atoms with Crippen molar-refractivity contribution in [3.63, 3.8) is 0 Å². The largest absolute Gasteiger partial charge is 0.463 e. The van der Waals surface area contributed by atoms with Gasteiger partial charge in [-0.15, -0.1) is 0 Å². The molecule has 4 nitrogen and oxygen atoms in total. The Morgan fingerprint density at radius 3 is 1.72 bits per heavy atom. The van der Waals surface area contributed by atoms with Crippen molar-refractivity contribution in [1.82, 2.24) is 0 Å². The molecule has 0 bridgehead atoms. The number of hydrogen-bond acceptors (Lipinski definition) is 4. The van der Waals surface area contributed by atoms with Gasteiger partial charge in [-0.05, 0) is 58.8 Å². The van der Waals surface area contributed by atoms with Gasteiger partial charge in [-0.3, -0.25) is 4.79 Å². The molecular formula is C28H42O4. The van der Waals surface area contributed by atoms with E-state index >= 15 is 0 Å². The molecule has 32 heavy (non-hydrogen) atoms. The number of hydrogen-bond donors (Lipinski definition) is 0. The molecule has 1 heterocycles. The van der Waals surface area contributed by atoms with E-state index in [1.807, 2.05) is 19.9 Å². The van der Waals surface area contributed by atoms with Crippen LogP contribution in [0, 0.1) is 0 Å². The van der Waals surface area contributed by atoms with Crippen LogP contribution in [0.4, 0.5) is 0 Å². The van der Waals surface area contributed by atoms with Gasteiger partial charge in [0.05, 0.1) is 6.61 Å². The molecule has 1 aliphatic rings. The van der Waals surface area contributed by atoms with E-state index in [2.05, 4.69) is 73.8 Å². The molecule has 1 fully saturated rings. The van der Waals surface area contributed by atoms with E-state index in [0.717, 1.165) is 38.5 Å². The lowest BCUT2D eigenvalue weighted by Gasteiger charge is -2.16. The van der Waals surface area contributed by atoms with E-state index < -0.39 is 5.79 Å². The standard InChI is InChI=1S/C28H42O4/c1-4-5-6-7-8-9-10-11-12-13-14-15-16-17-18-19-20-21-22-23-27(29)30-24-26-25-31-28(2,3)32-26/h5-6,8-9,11-12,14-15,17-18,20-21,26H,4,7,10,13,16,19,22-25H2,1-3H3. The predicted octanol–water partition coefficient (Wildman–Crippen LogP) is 7.16. The number of carbonyl (C=O) groups is 1. The Balaban J connectivity index is 1.95. The zero-order valence-corrected chi connectivity index (χ0v) is 20.2. The van der Waals surface area contributed by atoms with E-state index in [1.54, 1.807) is 0 Å². The molecule has 0 spiro atoms. The predicted molar refractivity (Wildman–Crippen MR) is 133 cm³/mol. The number of ether oxygens (including phenoxy) is 3. The fraction of sp³-hybridized carbons (Fsp3) is 0.536. The Kier molecular flexibility index (Phi) is 16.0. The summed E-state index contributed by atoms with van der Waals surface area (Å²) in [5, 5.41) is 0. The molecule has 0 aromatic carbocycles. The third kappa shape index (κ3) is 16.5. The SMILES string of the molecule is CCC=CCC=CCC=CCC=CCC=CCC=CCCC(=O)OCC1COC(C)(C)O1. The molecule has 0 N–H and O–H groups in total. The van der Waals surface area contributed by atoms with E-state index in [-0.39, 0.29) is 18.7 Å². The van der Waals surface area contributed by atoms with Gasteiger partial charge >= 0.3 is 5.97 Å². The van der Waals surface area contributed by atoms with Crippen LogP contribution in [0.1, 0.15) is 72.1 Å². The van der Waals surface area contributed by atoms with Crippen molar-refractivity contribution < 1.29 is 19.0 Å². The van der Waals surface area contributed by atoms with Gasteiger partial charge in [0, 0.05) is 6.42 Å². The fourth-order valence-electron chi connectivity index (χ4n) is 2.94. The Labute approximate surface area is 195 Å². The molecule has 0 saturated carbocycles. The number of rotatable bonds is 16. The van der Waals surface area contributed by atoms with Crippen molar-refractivity contribution in [1.29, 1.82) is 0 Å². The lowest BCUT2D eigenvalue weighted by molar-refractivity contribution is -0.158. The van der Waals surface area contributed by atoms with Crippen LogP contribution >= 0.6 is 0 Å². The van der Waals surface area contributed by atoms with E-state index in [1.165, 1.54) is 0 Å². The second kappa shape index (κ2) is 18.4. The zero-order chi connectivity index (χ0) is 23.3. The van der Waals surface area contributed by atoms with Crippen molar-refractivity contribution >= 4 is 5.97 Å². The van der Waals surface area contributed by atoms with Crippen LogP contribution in [0.15, 0.2) is 72.9 Å². The minimum absolute atomic E-state index is 0.167. The second-order valence-corrected chi connectivity index (χ2v) is 8.09. The van der Waals surface area contributed by atoms with Crippen LogP contribution in [0.5, 0.6) is 0 Å². The van der Waals surface area contributed by atoms with Gasteiger partial charge in [0.1, 0.15) is 12.7 Å². The number of carbonyl (C=O) groups excluding carboxylic acids is 1. The quantitative estimate of drug-likeness (QED) is 0.188. The fourth-order valence-corrected chi connectivity index (χ4v) is 2.94. The topological polar surface area (TPSA) is 44.8 Å². The van der Waals surface area contributed by atoms with Gasteiger partial charge in [-0.1, -0.05) is 79.8 Å². The summed E-state index contributed by atoms with van der Waals surface area (Å²) in [4.78, 5) is 11.8. The lowest BCUT2D eigenvalue weighted by Crippen LogP contribution is -2.25. The molecule has 0 amide bonds. The monoisotopic (exact) mass is 442 g/mol. The molecule has 0 aromatic rings. The minimum atomic E-state index is -0.580. The number of allylic oxidation sites excluding steroid dienone is 12. The molecule has 178 valence electrons. The maximum Gasteiger partial charge on any atom is 0.306 e. The second-order valence-electron chi connectivity index (χ2n) is 8.09. The summed E-state index contributed by atoms with van der Waals surface area (Å²) in [5.74, 6) is -0.777. The van der Waals surface area contributed by atoms with Crippen LogP contribution in [0.25, 0.3) is 0 Å². The van der Waals surface area contributed by atoms with E-state index in [4.69, 9.17) is 14.2 Å². The van der Waals surface area contributed by atoms with Crippen LogP contribution in [-0.2, 0) is 19.0 Å². The first-order chi connectivity index (χ1) is 15.5. The zero-order valence-electron chi connectivity index (χ0n) is 20.2. The van der Waals surface area contributed by atoms with Gasteiger partial charge < -0.3 is 14.2 Å². The molecule has 1 atom stereocenters. The summed E-state index contributed by atoms with van der Waals surface area (Å²) in [6.07, 6.45) is 32.9. The van der Waals surface area contributed by atoms with Gasteiger partial charge in [0.2, 0.25) is 0 Å². The number of esters is 1. The van der Waals surface area contributed by atoms with E-state index in [0.29, 0.717) is 19.4 Å². The molecule has 1 unspecified atom stereocenters. The normalized spacial score (nSPS) is 19.2. The van der Waals surface area contributed by atoms with Crippen molar-refractivity contribution in [3.05, 3.63) is 72.9 Å². The molecule has 1 saturated heterocycles. The summed E-state index contributed by atoms with van der Waals surface area (Å²) >= 11 is 0. The van der Waals surface area contributed by atoms with Crippen LogP contribution < -0.4 is 0 Å². The Morgan fingerprint density at radius 2 is 1.28 bits per heavy atom. The minimum Gasteiger partial charge on any atom is -0.463 e. The molecule has 1 aliphatic heterocycles. The average Bonchev–Trinajstić information content (AvgIpc) is 3.12. The molecule has 4 heteroatoms.